The van der Waals surface area contributed by atoms with Crippen molar-refractivity contribution < 1.29 is 5.11 Å². The van der Waals surface area contributed by atoms with Crippen LogP contribution in [0.1, 0.15) is 62.2 Å². The van der Waals surface area contributed by atoms with Crippen LogP contribution in [0.4, 0.5) is 0 Å². The van der Waals surface area contributed by atoms with Crippen molar-refractivity contribution in [3.8, 4) is 0 Å². The third kappa shape index (κ3) is 3.77. The van der Waals surface area contributed by atoms with Gasteiger partial charge in [-0.25, -0.2) is 4.98 Å². The van der Waals surface area contributed by atoms with E-state index in [0.29, 0.717) is 6.54 Å². The molecule has 0 radical (unpaired) electrons. The Morgan fingerprint density at radius 3 is 2.63 bits per heavy atom. The smallest absolute Gasteiger partial charge is 0.110 e. The van der Waals surface area contributed by atoms with Crippen LogP contribution in [0.25, 0.3) is 0 Å². The van der Waals surface area contributed by atoms with Crippen molar-refractivity contribution in [3.63, 3.8) is 0 Å². The van der Waals surface area contributed by atoms with Gasteiger partial charge in [0.25, 0.3) is 0 Å². The maximum absolute atomic E-state index is 10.1. The van der Waals surface area contributed by atoms with Crippen molar-refractivity contribution in [2.45, 2.75) is 65.5 Å². The highest BCUT2D eigenvalue weighted by atomic mass is 32.1. The molecule has 1 aromatic rings. The molecule has 0 saturated carbocycles. The van der Waals surface area contributed by atoms with Crippen LogP contribution >= 0.6 is 11.3 Å². The summed E-state index contributed by atoms with van der Waals surface area (Å²) in [5.74, 6) is 0. The first-order valence-corrected chi connectivity index (χ1v) is 8.09. The Balaban J connectivity index is 1.93. The summed E-state index contributed by atoms with van der Waals surface area (Å²) in [5.41, 5.74) is 1.24. The number of aryl methyl sites for hydroxylation is 2. The monoisotopic (exact) mass is 282 g/mol. The molecule has 0 spiro atoms. The average molecular weight is 282 g/mol. The number of nitrogens with one attached hydrogen (secondary N) is 1. The van der Waals surface area contributed by atoms with E-state index in [1.807, 2.05) is 11.3 Å². The summed E-state index contributed by atoms with van der Waals surface area (Å²) < 4.78 is 0. The molecule has 1 aliphatic rings. The zero-order chi connectivity index (χ0) is 14.0. The molecule has 0 amide bonds. The normalized spacial score (nSPS) is 19.0. The summed E-state index contributed by atoms with van der Waals surface area (Å²) in [5, 5.41) is 14.7. The zero-order valence-corrected chi connectivity index (χ0v) is 13.3. The van der Waals surface area contributed by atoms with Gasteiger partial charge in [0.2, 0.25) is 0 Å². The lowest BCUT2D eigenvalue weighted by Crippen LogP contribution is -2.37. The highest BCUT2D eigenvalue weighted by Crippen LogP contribution is 2.29. The Morgan fingerprint density at radius 2 is 2.00 bits per heavy atom. The van der Waals surface area contributed by atoms with Gasteiger partial charge in [0.1, 0.15) is 5.01 Å². The Labute approximate surface area is 120 Å². The number of aliphatic hydroxyl groups excluding tert-OH is 1. The third-order valence-corrected chi connectivity index (χ3v) is 5.19. The number of rotatable bonds is 4. The number of nitrogens with zero attached hydrogens (tertiary/aromatic N) is 1. The van der Waals surface area contributed by atoms with Gasteiger partial charge in [-0.05, 0) is 38.0 Å². The Morgan fingerprint density at radius 1 is 1.32 bits per heavy atom. The standard InChI is InChI=1S/C15H26N2OS/c1-10(16-9-13(18)15(2,3)4)14-17-11-7-5-6-8-12(11)19-14/h10,13,16,18H,5-9H2,1-4H3. The first-order valence-electron chi connectivity index (χ1n) is 7.28. The van der Waals surface area contributed by atoms with Crippen LogP contribution in [0.2, 0.25) is 0 Å². The molecule has 2 N–H and O–H groups in total. The second-order valence-electron chi connectivity index (χ2n) is 6.64. The maximum atomic E-state index is 10.1. The predicted molar refractivity (Wildman–Crippen MR) is 80.6 cm³/mol. The molecule has 2 rings (SSSR count). The molecule has 1 aromatic heterocycles. The lowest BCUT2D eigenvalue weighted by Gasteiger charge is -2.27. The second kappa shape index (κ2) is 5.90. The van der Waals surface area contributed by atoms with E-state index in [9.17, 15) is 5.11 Å². The summed E-state index contributed by atoms with van der Waals surface area (Å²) in [6.07, 6.45) is 4.59. The number of thiazole rings is 1. The van der Waals surface area contributed by atoms with Crippen LogP contribution < -0.4 is 5.32 Å². The van der Waals surface area contributed by atoms with E-state index in [-0.39, 0.29) is 17.6 Å². The molecule has 0 fully saturated rings. The Kier molecular flexibility index (Phi) is 4.64. The van der Waals surface area contributed by atoms with Gasteiger partial charge < -0.3 is 10.4 Å². The molecular weight excluding hydrogens is 256 g/mol. The van der Waals surface area contributed by atoms with Gasteiger partial charge in [-0.1, -0.05) is 20.8 Å². The Bertz CT molecular complexity index is 399. The van der Waals surface area contributed by atoms with Gasteiger partial charge in [0, 0.05) is 11.4 Å². The molecule has 2 atom stereocenters. The van der Waals surface area contributed by atoms with Crippen molar-refractivity contribution in [1.82, 2.24) is 10.3 Å². The van der Waals surface area contributed by atoms with Crippen LogP contribution in [0.15, 0.2) is 0 Å². The molecule has 1 aliphatic carbocycles. The van der Waals surface area contributed by atoms with Crippen LogP contribution in [0.3, 0.4) is 0 Å². The van der Waals surface area contributed by atoms with Crippen molar-refractivity contribution in [1.29, 1.82) is 0 Å². The topological polar surface area (TPSA) is 45.1 Å². The minimum atomic E-state index is -0.329. The predicted octanol–water partition coefficient (Wildman–Crippen LogP) is 3.08. The minimum Gasteiger partial charge on any atom is -0.391 e. The summed E-state index contributed by atoms with van der Waals surface area (Å²) in [6.45, 7) is 8.94. The SMILES string of the molecule is CC(NCC(O)C(C)(C)C)c1nc2c(s1)CCCC2. The quantitative estimate of drug-likeness (QED) is 0.892. The number of hydrogen-bond donors (Lipinski definition) is 2. The summed E-state index contributed by atoms with van der Waals surface area (Å²) in [7, 11) is 0. The van der Waals surface area contributed by atoms with Gasteiger partial charge in [-0.2, -0.15) is 0 Å². The third-order valence-electron chi connectivity index (χ3n) is 3.85. The van der Waals surface area contributed by atoms with Gasteiger partial charge in [0.15, 0.2) is 0 Å². The first kappa shape index (κ1) is 14.9. The van der Waals surface area contributed by atoms with Crippen LogP contribution in [-0.4, -0.2) is 22.7 Å². The maximum Gasteiger partial charge on any atom is 0.110 e. The lowest BCUT2D eigenvalue weighted by atomic mass is 9.89. The van der Waals surface area contributed by atoms with E-state index in [4.69, 9.17) is 4.98 Å². The fourth-order valence-corrected chi connectivity index (χ4v) is 3.42. The van der Waals surface area contributed by atoms with E-state index >= 15 is 0 Å². The van der Waals surface area contributed by atoms with Crippen LogP contribution in [0, 0.1) is 5.41 Å². The van der Waals surface area contributed by atoms with Gasteiger partial charge in [-0.3, -0.25) is 0 Å². The molecule has 4 heteroatoms. The van der Waals surface area contributed by atoms with E-state index < -0.39 is 0 Å². The van der Waals surface area contributed by atoms with E-state index in [2.05, 4.69) is 33.0 Å². The molecule has 108 valence electrons. The van der Waals surface area contributed by atoms with Crippen LogP contribution in [-0.2, 0) is 12.8 Å². The zero-order valence-electron chi connectivity index (χ0n) is 12.5. The van der Waals surface area contributed by atoms with Crippen LogP contribution in [0.5, 0.6) is 0 Å². The number of hydrogen-bond acceptors (Lipinski definition) is 4. The van der Waals surface area contributed by atoms with Gasteiger partial charge in [0.05, 0.1) is 17.8 Å². The molecule has 0 aliphatic heterocycles. The fourth-order valence-electron chi connectivity index (χ4n) is 2.24. The largest absolute Gasteiger partial charge is 0.391 e. The lowest BCUT2D eigenvalue weighted by molar-refractivity contribution is 0.0609. The average Bonchev–Trinajstić information content (AvgIpc) is 2.78. The van der Waals surface area contributed by atoms with Crippen molar-refractivity contribution >= 4 is 11.3 Å². The Hall–Kier alpha value is -0.450. The first-order chi connectivity index (χ1) is 8.88. The van der Waals surface area contributed by atoms with Crippen molar-refractivity contribution in [2.24, 2.45) is 5.41 Å². The van der Waals surface area contributed by atoms with Crippen molar-refractivity contribution in [2.75, 3.05) is 6.54 Å². The van der Waals surface area contributed by atoms with E-state index in [1.165, 1.54) is 34.8 Å². The van der Waals surface area contributed by atoms with E-state index in [0.717, 1.165) is 6.42 Å². The van der Waals surface area contributed by atoms with E-state index in [1.54, 1.807) is 0 Å². The second-order valence-corrected chi connectivity index (χ2v) is 7.76. The number of fused-ring (bicyclic) bond motifs is 1. The summed E-state index contributed by atoms with van der Waals surface area (Å²) >= 11 is 1.85. The number of aromatic nitrogens is 1. The summed E-state index contributed by atoms with van der Waals surface area (Å²) in [6, 6.07) is 0.229. The fraction of sp³-hybridized carbons (Fsp3) is 0.800. The summed E-state index contributed by atoms with van der Waals surface area (Å²) in [4.78, 5) is 6.24. The van der Waals surface area contributed by atoms with Gasteiger partial charge in [-0.15, -0.1) is 11.3 Å². The highest BCUT2D eigenvalue weighted by molar-refractivity contribution is 7.11. The highest BCUT2D eigenvalue weighted by Gasteiger charge is 2.23. The molecule has 0 aromatic carbocycles. The molecule has 0 bridgehead atoms. The molecule has 2 unspecified atom stereocenters. The number of aliphatic hydroxyl groups is 1. The molecule has 1 heterocycles. The van der Waals surface area contributed by atoms with Gasteiger partial charge >= 0.3 is 0 Å². The minimum absolute atomic E-state index is 0.0746. The molecule has 19 heavy (non-hydrogen) atoms. The molecule has 3 nitrogen and oxygen atoms in total. The van der Waals surface area contributed by atoms with Crippen molar-refractivity contribution in [3.05, 3.63) is 15.6 Å². The molecular formula is C15H26N2OS. The molecule has 0 saturated heterocycles.